The average Bonchev–Trinajstić information content (AvgIpc) is 2.81. The maximum atomic E-state index is 14.3. The summed E-state index contributed by atoms with van der Waals surface area (Å²) in [5.74, 6) is -0.970. The first kappa shape index (κ1) is 22.4. The summed E-state index contributed by atoms with van der Waals surface area (Å²) < 4.78 is 14.3. The van der Waals surface area contributed by atoms with Gasteiger partial charge < -0.3 is 20.0 Å². The fourth-order valence-electron chi connectivity index (χ4n) is 4.25. The number of phenols is 1. The number of fused-ring (bicyclic) bond motifs is 1. The molecule has 6 heteroatoms. The molecular weight excluding hydrogens is 419 g/mol. The Bertz CT molecular complexity index is 1170. The number of nitrogens with zero attached hydrogens (tertiary/aromatic N) is 2. The molecule has 0 atom stereocenters. The third kappa shape index (κ3) is 5.34. The van der Waals surface area contributed by atoms with Crippen molar-refractivity contribution in [1.29, 1.82) is 0 Å². The van der Waals surface area contributed by atoms with Gasteiger partial charge in [0.15, 0.2) is 0 Å². The highest BCUT2D eigenvalue weighted by atomic mass is 19.1. The maximum Gasteiger partial charge on any atom is 0.328 e. The highest BCUT2D eigenvalue weighted by Crippen LogP contribution is 2.35. The molecule has 3 aromatic carbocycles. The lowest BCUT2D eigenvalue weighted by Crippen LogP contribution is -2.32. The normalized spacial score (nSPS) is 13.2. The van der Waals surface area contributed by atoms with E-state index in [4.69, 9.17) is 5.11 Å². The van der Waals surface area contributed by atoms with Gasteiger partial charge in [-0.3, -0.25) is 0 Å². The molecule has 0 amide bonds. The van der Waals surface area contributed by atoms with Crippen LogP contribution in [0.2, 0.25) is 0 Å². The van der Waals surface area contributed by atoms with Gasteiger partial charge in [0.05, 0.1) is 11.4 Å². The quantitative estimate of drug-likeness (QED) is 0.488. The summed E-state index contributed by atoms with van der Waals surface area (Å²) in [7, 11) is 0. The lowest BCUT2D eigenvalue weighted by Gasteiger charge is -2.35. The molecule has 0 saturated heterocycles. The van der Waals surface area contributed by atoms with Crippen molar-refractivity contribution in [2.75, 3.05) is 22.9 Å². The van der Waals surface area contributed by atoms with Crippen molar-refractivity contribution in [2.24, 2.45) is 0 Å². The van der Waals surface area contributed by atoms with Crippen LogP contribution in [-0.4, -0.2) is 29.3 Å². The van der Waals surface area contributed by atoms with Crippen LogP contribution >= 0.6 is 0 Å². The van der Waals surface area contributed by atoms with E-state index in [0.717, 1.165) is 47.1 Å². The molecule has 1 heterocycles. The number of hydrogen-bond acceptors (Lipinski definition) is 4. The first-order chi connectivity index (χ1) is 15.9. The Labute approximate surface area is 193 Å². The summed E-state index contributed by atoms with van der Waals surface area (Å²) >= 11 is 0. The number of anilines is 2. The van der Waals surface area contributed by atoms with Gasteiger partial charge in [0.1, 0.15) is 11.6 Å². The molecule has 0 bridgehead atoms. The molecule has 1 aliphatic heterocycles. The van der Waals surface area contributed by atoms with Gasteiger partial charge in [0.2, 0.25) is 0 Å². The second-order valence-electron chi connectivity index (χ2n) is 8.18. The number of phenolic OH excluding ortho intramolecular Hbond substituents is 1. The fourth-order valence-corrected chi connectivity index (χ4v) is 4.25. The van der Waals surface area contributed by atoms with Crippen LogP contribution in [0.5, 0.6) is 5.75 Å². The maximum absolute atomic E-state index is 14.3. The van der Waals surface area contributed by atoms with Crippen LogP contribution in [0.1, 0.15) is 29.2 Å². The molecule has 0 saturated carbocycles. The zero-order chi connectivity index (χ0) is 23.4. The number of rotatable bonds is 7. The fraction of sp³-hybridized carbons (Fsp3) is 0.222. The molecule has 0 unspecified atom stereocenters. The standard InChI is InChI=1S/C27H27FN2O3/c1-2-29(17-20-5-3-19(4-6-20)7-12-27(32)33)26-16-23(28)9-11-25(26)30-14-13-21-15-24(31)10-8-22(21)18-30/h3-12,15-16,31H,2,13-14,17-18H2,1H3,(H,32,33)/b12-7+. The van der Waals surface area contributed by atoms with Crippen LogP contribution in [0.3, 0.4) is 0 Å². The number of aliphatic carboxylic acids is 1. The van der Waals surface area contributed by atoms with Gasteiger partial charge in [-0.2, -0.15) is 0 Å². The van der Waals surface area contributed by atoms with E-state index < -0.39 is 5.97 Å². The minimum absolute atomic E-state index is 0.274. The van der Waals surface area contributed by atoms with Crippen molar-refractivity contribution in [3.8, 4) is 5.75 Å². The molecule has 0 fully saturated rings. The zero-order valence-corrected chi connectivity index (χ0v) is 18.5. The van der Waals surface area contributed by atoms with E-state index in [0.29, 0.717) is 19.6 Å². The molecule has 0 radical (unpaired) electrons. The number of benzene rings is 3. The summed E-state index contributed by atoms with van der Waals surface area (Å²) in [6.07, 6.45) is 3.49. The highest BCUT2D eigenvalue weighted by molar-refractivity contribution is 5.85. The molecule has 170 valence electrons. The van der Waals surface area contributed by atoms with Crippen LogP contribution in [0.15, 0.2) is 66.7 Å². The highest BCUT2D eigenvalue weighted by Gasteiger charge is 2.21. The molecule has 0 aromatic heterocycles. The predicted molar refractivity (Wildman–Crippen MR) is 129 cm³/mol. The van der Waals surface area contributed by atoms with E-state index in [-0.39, 0.29) is 11.6 Å². The van der Waals surface area contributed by atoms with Gasteiger partial charge in [-0.15, -0.1) is 0 Å². The topological polar surface area (TPSA) is 64.0 Å². The Morgan fingerprint density at radius 1 is 1.09 bits per heavy atom. The van der Waals surface area contributed by atoms with Gasteiger partial charge >= 0.3 is 5.97 Å². The Morgan fingerprint density at radius 2 is 1.88 bits per heavy atom. The number of halogens is 1. The van der Waals surface area contributed by atoms with Crippen LogP contribution in [0, 0.1) is 5.82 Å². The third-order valence-electron chi connectivity index (χ3n) is 5.97. The first-order valence-electron chi connectivity index (χ1n) is 11.0. The molecular formula is C27H27FN2O3. The number of carbonyl (C=O) groups is 1. The summed E-state index contributed by atoms with van der Waals surface area (Å²) in [5.41, 5.74) is 6.02. The number of hydrogen-bond donors (Lipinski definition) is 2. The van der Waals surface area contributed by atoms with Crippen molar-refractivity contribution < 1.29 is 19.4 Å². The number of aromatic hydroxyl groups is 1. The summed E-state index contributed by atoms with van der Waals surface area (Å²) in [5, 5.41) is 18.6. The summed E-state index contributed by atoms with van der Waals surface area (Å²) in [6.45, 7) is 4.85. The minimum Gasteiger partial charge on any atom is -0.508 e. The number of carboxylic acid groups (broad SMARTS) is 1. The summed E-state index contributed by atoms with van der Waals surface area (Å²) in [6, 6.07) is 18.1. The SMILES string of the molecule is CCN(Cc1ccc(/C=C/C(=O)O)cc1)c1cc(F)ccc1N1CCc2cc(O)ccc2C1. The van der Waals surface area contributed by atoms with Crippen molar-refractivity contribution in [2.45, 2.75) is 26.4 Å². The van der Waals surface area contributed by atoms with E-state index in [1.807, 2.05) is 49.4 Å². The predicted octanol–water partition coefficient (Wildman–Crippen LogP) is 5.22. The Balaban J connectivity index is 1.58. The largest absolute Gasteiger partial charge is 0.508 e. The molecule has 0 aliphatic carbocycles. The molecule has 1 aliphatic rings. The van der Waals surface area contributed by atoms with Gasteiger partial charge in [-0.25, -0.2) is 9.18 Å². The van der Waals surface area contributed by atoms with E-state index >= 15 is 0 Å². The molecule has 4 rings (SSSR count). The first-order valence-corrected chi connectivity index (χ1v) is 11.0. The molecule has 3 aromatic rings. The van der Waals surface area contributed by atoms with E-state index in [1.165, 1.54) is 11.6 Å². The van der Waals surface area contributed by atoms with E-state index in [1.54, 1.807) is 18.2 Å². The lowest BCUT2D eigenvalue weighted by atomic mass is 9.98. The van der Waals surface area contributed by atoms with Crippen LogP contribution in [0.25, 0.3) is 6.08 Å². The Morgan fingerprint density at radius 3 is 2.61 bits per heavy atom. The van der Waals surface area contributed by atoms with Crippen molar-refractivity contribution in [1.82, 2.24) is 0 Å². The van der Waals surface area contributed by atoms with Gasteiger partial charge in [0.25, 0.3) is 0 Å². The Hall–Kier alpha value is -3.80. The summed E-state index contributed by atoms with van der Waals surface area (Å²) in [4.78, 5) is 15.1. The zero-order valence-electron chi connectivity index (χ0n) is 18.5. The second-order valence-corrected chi connectivity index (χ2v) is 8.18. The Kier molecular flexibility index (Phi) is 6.63. The monoisotopic (exact) mass is 446 g/mol. The van der Waals surface area contributed by atoms with Gasteiger partial charge in [-0.1, -0.05) is 30.3 Å². The third-order valence-corrected chi connectivity index (χ3v) is 5.97. The minimum atomic E-state index is -0.980. The van der Waals surface area contributed by atoms with Crippen molar-refractivity contribution >= 4 is 23.4 Å². The molecule has 2 N–H and O–H groups in total. The molecule has 0 spiro atoms. The van der Waals surface area contributed by atoms with Crippen LogP contribution in [0.4, 0.5) is 15.8 Å². The lowest BCUT2D eigenvalue weighted by molar-refractivity contribution is -0.131. The van der Waals surface area contributed by atoms with Crippen LogP contribution in [-0.2, 0) is 24.3 Å². The molecule has 5 nitrogen and oxygen atoms in total. The van der Waals surface area contributed by atoms with E-state index in [2.05, 4.69) is 9.80 Å². The van der Waals surface area contributed by atoms with Crippen molar-refractivity contribution in [3.63, 3.8) is 0 Å². The average molecular weight is 447 g/mol. The smallest absolute Gasteiger partial charge is 0.328 e. The van der Waals surface area contributed by atoms with Crippen LogP contribution < -0.4 is 9.80 Å². The number of carboxylic acids is 1. The van der Waals surface area contributed by atoms with Gasteiger partial charge in [-0.05, 0) is 72.0 Å². The van der Waals surface area contributed by atoms with Crippen molar-refractivity contribution in [3.05, 3.63) is 94.8 Å². The van der Waals surface area contributed by atoms with Gasteiger partial charge in [0, 0.05) is 32.3 Å². The second kappa shape index (κ2) is 9.77. The molecule has 33 heavy (non-hydrogen) atoms. The van der Waals surface area contributed by atoms with E-state index in [9.17, 15) is 14.3 Å².